The first kappa shape index (κ1) is 13.1. The molecule has 2 aromatic rings. The van der Waals surface area contributed by atoms with Crippen molar-refractivity contribution in [2.24, 2.45) is 0 Å². The summed E-state index contributed by atoms with van der Waals surface area (Å²) in [4.78, 5) is 4.15. The molecule has 18 heavy (non-hydrogen) atoms. The van der Waals surface area contributed by atoms with Gasteiger partial charge in [-0.25, -0.2) is 4.98 Å². The van der Waals surface area contributed by atoms with Crippen LogP contribution < -0.4 is 4.74 Å². The molecule has 1 N–H and O–H groups in total. The molecule has 0 fully saturated rings. The van der Waals surface area contributed by atoms with Crippen LogP contribution >= 0.6 is 15.9 Å². The van der Waals surface area contributed by atoms with Gasteiger partial charge in [-0.3, -0.25) is 0 Å². The summed E-state index contributed by atoms with van der Waals surface area (Å²) in [6.45, 7) is 3.70. The second-order valence-electron chi connectivity index (χ2n) is 4.12. The summed E-state index contributed by atoms with van der Waals surface area (Å²) in [6.07, 6.45) is 1.10. The smallest absolute Gasteiger partial charge is 0.219 e. The molecule has 4 heteroatoms. The summed E-state index contributed by atoms with van der Waals surface area (Å²) in [7, 11) is 0. The molecular weight excluding hydrogens is 294 g/mol. The molecule has 0 bridgehead atoms. The molecule has 0 radical (unpaired) electrons. The molecule has 0 saturated heterocycles. The summed E-state index contributed by atoms with van der Waals surface area (Å²) in [5.74, 6) is 1.26. The Hall–Kier alpha value is -1.39. The van der Waals surface area contributed by atoms with E-state index in [1.807, 2.05) is 25.1 Å². The zero-order chi connectivity index (χ0) is 13.1. The highest BCUT2D eigenvalue weighted by molar-refractivity contribution is 9.10. The lowest BCUT2D eigenvalue weighted by Crippen LogP contribution is -1.94. The van der Waals surface area contributed by atoms with Gasteiger partial charge in [-0.1, -0.05) is 15.9 Å². The molecule has 94 valence electrons. The van der Waals surface area contributed by atoms with Crippen molar-refractivity contribution in [1.82, 2.24) is 4.98 Å². The summed E-state index contributed by atoms with van der Waals surface area (Å²) in [5, 5.41) is 9.39. The number of rotatable bonds is 3. The Labute approximate surface area is 115 Å². The lowest BCUT2D eigenvalue weighted by atomic mass is 10.2. The average molecular weight is 308 g/mol. The maximum Gasteiger partial charge on any atom is 0.219 e. The lowest BCUT2D eigenvalue weighted by Gasteiger charge is -2.08. The van der Waals surface area contributed by atoms with E-state index < -0.39 is 6.10 Å². The van der Waals surface area contributed by atoms with Gasteiger partial charge in [0, 0.05) is 16.7 Å². The van der Waals surface area contributed by atoms with Gasteiger partial charge in [-0.05, 0) is 49.2 Å². The number of hydrogen-bond acceptors (Lipinski definition) is 3. The molecule has 1 aromatic carbocycles. The van der Waals surface area contributed by atoms with Crippen LogP contribution in [0.3, 0.4) is 0 Å². The van der Waals surface area contributed by atoms with Crippen LogP contribution in [0.5, 0.6) is 11.6 Å². The Bertz CT molecular complexity index is 538. The number of aliphatic hydroxyl groups is 1. The minimum atomic E-state index is -0.513. The highest BCUT2D eigenvalue weighted by Crippen LogP contribution is 2.25. The third kappa shape index (κ3) is 3.09. The SMILES string of the molecule is Cc1cc(Oc2ccc([C@H](C)O)cn2)ccc1Br. The molecule has 1 aromatic heterocycles. The normalized spacial score (nSPS) is 12.2. The van der Waals surface area contributed by atoms with Crippen molar-refractivity contribution in [1.29, 1.82) is 0 Å². The maximum absolute atomic E-state index is 9.39. The molecule has 0 aliphatic heterocycles. The van der Waals surface area contributed by atoms with Crippen molar-refractivity contribution >= 4 is 15.9 Å². The van der Waals surface area contributed by atoms with Crippen LogP contribution in [0.25, 0.3) is 0 Å². The first-order chi connectivity index (χ1) is 8.56. The Morgan fingerprint density at radius 2 is 2.06 bits per heavy atom. The van der Waals surface area contributed by atoms with Gasteiger partial charge in [-0.2, -0.15) is 0 Å². The third-order valence-electron chi connectivity index (χ3n) is 2.59. The monoisotopic (exact) mass is 307 g/mol. The topological polar surface area (TPSA) is 42.4 Å². The predicted octanol–water partition coefficient (Wildman–Crippen LogP) is 4.00. The molecule has 0 spiro atoms. The fourth-order valence-corrected chi connectivity index (χ4v) is 1.75. The van der Waals surface area contributed by atoms with Crippen LogP contribution in [-0.4, -0.2) is 10.1 Å². The van der Waals surface area contributed by atoms with E-state index in [0.717, 1.165) is 21.3 Å². The van der Waals surface area contributed by atoms with Crippen LogP contribution in [0.4, 0.5) is 0 Å². The second-order valence-corrected chi connectivity index (χ2v) is 4.97. The fourth-order valence-electron chi connectivity index (χ4n) is 1.50. The standard InChI is InChI=1S/C14H14BrNO2/c1-9-7-12(4-5-13(9)15)18-14-6-3-11(8-16-14)10(2)17/h3-8,10,17H,1-2H3/t10-/m0/s1. The number of halogens is 1. The summed E-state index contributed by atoms with van der Waals surface area (Å²) >= 11 is 3.44. The van der Waals surface area contributed by atoms with E-state index in [1.165, 1.54) is 0 Å². The zero-order valence-electron chi connectivity index (χ0n) is 10.2. The first-order valence-corrected chi connectivity index (χ1v) is 6.43. The largest absolute Gasteiger partial charge is 0.439 e. The predicted molar refractivity (Wildman–Crippen MR) is 73.8 cm³/mol. The molecule has 0 unspecified atom stereocenters. The van der Waals surface area contributed by atoms with Gasteiger partial charge < -0.3 is 9.84 Å². The number of nitrogens with zero attached hydrogens (tertiary/aromatic N) is 1. The quantitative estimate of drug-likeness (QED) is 0.932. The molecule has 1 atom stereocenters. The molecule has 0 saturated carbocycles. The van der Waals surface area contributed by atoms with Gasteiger partial charge in [0.25, 0.3) is 0 Å². The Kier molecular flexibility index (Phi) is 3.99. The van der Waals surface area contributed by atoms with Crippen LogP contribution in [0.15, 0.2) is 41.0 Å². The Morgan fingerprint density at radius 1 is 1.28 bits per heavy atom. The number of hydrogen-bond donors (Lipinski definition) is 1. The Balaban J connectivity index is 2.15. The van der Waals surface area contributed by atoms with E-state index in [9.17, 15) is 5.11 Å². The van der Waals surface area contributed by atoms with Crippen LogP contribution in [-0.2, 0) is 0 Å². The summed E-state index contributed by atoms with van der Waals surface area (Å²) in [5.41, 5.74) is 1.88. The molecule has 0 amide bonds. The van der Waals surface area contributed by atoms with Gasteiger partial charge in [0.05, 0.1) is 6.10 Å². The molecule has 2 rings (SSSR count). The van der Waals surface area contributed by atoms with Crippen molar-refractivity contribution in [2.75, 3.05) is 0 Å². The second kappa shape index (κ2) is 5.50. The van der Waals surface area contributed by atoms with Gasteiger partial charge in [-0.15, -0.1) is 0 Å². The molecule has 3 nitrogen and oxygen atoms in total. The lowest BCUT2D eigenvalue weighted by molar-refractivity contribution is 0.198. The van der Waals surface area contributed by atoms with Crippen molar-refractivity contribution in [3.05, 3.63) is 52.1 Å². The maximum atomic E-state index is 9.39. The highest BCUT2D eigenvalue weighted by atomic mass is 79.9. The van der Waals surface area contributed by atoms with Gasteiger partial charge in [0.2, 0.25) is 5.88 Å². The highest BCUT2D eigenvalue weighted by Gasteiger charge is 2.04. The van der Waals surface area contributed by atoms with E-state index in [-0.39, 0.29) is 0 Å². The molecule has 0 aliphatic carbocycles. The van der Waals surface area contributed by atoms with Crippen LogP contribution in [0.2, 0.25) is 0 Å². The van der Waals surface area contributed by atoms with Crippen molar-refractivity contribution in [2.45, 2.75) is 20.0 Å². The number of aryl methyl sites for hydroxylation is 1. The first-order valence-electron chi connectivity index (χ1n) is 5.64. The average Bonchev–Trinajstić information content (AvgIpc) is 2.34. The van der Waals surface area contributed by atoms with Crippen molar-refractivity contribution < 1.29 is 9.84 Å². The molecular formula is C14H14BrNO2. The number of aromatic nitrogens is 1. The zero-order valence-corrected chi connectivity index (χ0v) is 11.8. The van der Waals surface area contributed by atoms with E-state index in [2.05, 4.69) is 20.9 Å². The Morgan fingerprint density at radius 3 is 2.61 bits per heavy atom. The van der Waals surface area contributed by atoms with Crippen molar-refractivity contribution in [3.63, 3.8) is 0 Å². The van der Waals surface area contributed by atoms with Gasteiger partial charge in [0.1, 0.15) is 5.75 Å². The fraction of sp³-hybridized carbons (Fsp3) is 0.214. The van der Waals surface area contributed by atoms with Crippen molar-refractivity contribution in [3.8, 4) is 11.6 Å². The third-order valence-corrected chi connectivity index (χ3v) is 3.48. The van der Waals surface area contributed by atoms with Crippen LogP contribution in [0.1, 0.15) is 24.2 Å². The van der Waals surface area contributed by atoms with E-state index in [0.29, 0.717) is 5.88 Å². The van der Waals surface area contributed by atoms with Crippen LogP contribution in [0, 0.1) is 6.92 Å². The van der Waals surface area contributed by atoms with Gasteiger partial charge >= 0.3 is 0 Å². The van der Waals surface area contributed by atoms with E-state index >= 15 is 0 Å². The van der Waals surface area contributed by atoms with E-state index in [4.69, 9.17) is 4.74 Å². The summed E-state index contributed by atoms with van der Waals surface area (Å²) < 4.78 is 6.68. The minimum absolute atomic E-state index is 0.513. The molecule has 1 heterocycles. The number of aliphatic hydroxyl groups excluding tert-OH is 1. The van der Waals surface area contributed by atoms with Gasteiger partial charge in [0.15, 0.2) is 0 Å². The minimum Gasteiger partial charge on any atom is -0.439 e. The van der Waals surface area contributed by atoms with E-state index in [1.54, 1.807) is 25.3 Å². The number of benzene rings is 1. The number of ether oxygens (including phenoxy) is 1. The summed E-state index contributed by atoms with van der Waals surface area (Å²) in [6, 6.07) is 9.31. The molecule has 0 aliphatic rings. The number of pyridine rings is 1.